The largest absolute Gasteiger partial charge is 0.466 e. The highest BCUT2D eigenvalue weighted by atomic mass is 16.3. The predicted octanol–water partition coefficient (Wildman–Crippen LogP) is 4.72. The van der Waals surface area contributed by atoms with Crippen LogP contribution in [0.3, 0.4) is 0 Å². The number of nitrogens with one attached hydrogen (secondary N) is 1. The number of hydrogen-bond donors (Lipinski definition) is 1. The summed E-state index contributed by atoms with van der Waals surface area (Å²) in [6, 6.07) is 11.4. The van der Waals surface area contributed by atoms with E-state index in [-0.39, 0.29) is 11.7 Å². The van der Waals surface area contributed by atoms with Crippen LogP contribution in [0.1, 0.15) is 49.2 Å². The average Bonchev–Trinajstić information content (AvgIpc) is 3.08. The molecule has 1 amide bonds. The number of furan rings is 1. The summed E-state index contributed by atoms with van der Waals surface area (Å²) in [6.07, 6.45) is 2.06. The molecular formula is C23H24N2O3. The molecule has 2 aliphatic rings. The number of amides is 1. The van der Waals surface area contributed by atoms with Crippen LogP contribution in [0.5, 0.6) is 0 Å². The molecule has 4 rings (SSSR count). The number of carbonyl (C=O) groups is 2. The Bertz CT molecular complexity index is 1010. The van der Waals surface area contributed by atoms with Crippen LogP contribution >= 0.6 is 0 Å². The van der Waals surface area contributed by atoms with E-state index in [4.69, 9.17) is 4.42 Å². The lowest BCUT2D eigenvalue weighted by Crippen LogP contribution is -2.39. The Morgan fingerprint density at radius 3 is 2.61 bits per heavy atom. The highest BCUT2D eigenvalue weighted by molar-refractivity contribution is 6.13. The molecule has 1 aromatic heterocycles. The molecule has 0 fully saturated rings. The van der Waals surface area contributed by atoms with Crippen molar-refractivity contribution in [1.29, 1.82) is 0 Å². The molecule has 2 atom stereocenters. The quantitative estimate of drug-likeness (QED) is 0.843. The maximum absolute atomic E-state index is 13.3. The minimum absolute atomic E-state index is 0.0743. The fourth-order valence-electron chi connectivity index (χ4n) is 4.20. The summed E-state index contributed by atoms with van der Waals surface area (Å²) in [7, 11) is 0. The third-order valence-electron chi connectivity index (χ3n) is 5.59. The van der Waals surface area contributed by atoms with Gasteiger partial charge in [-0.2, -0.15) is 0 Å². The van der Waals surface area contributed by atoms with E-state index in [9.17, 15) is 9.59 Å². The number of hydrogen-bond acceptors (Lipinski definition) is 4. The zero-order valence-electron chi connectivity index (χ0n) is 16.4. The first-order chi connectivity index (χ1) is 13.5. The second-order valence-electron chi connectivity index (χ2n) is 7.60. The van der Waals surface area contributed by atoms with Gasteiger partial charge in [-0.15, -0.1) is 0 Å². The number of aryl methyl sites for hydroxylation is 2. The zero-order chi connectivity index (χ0) is 19.8. The number of para-hydroxylation sites is 1. The highest BCUT2D eigenvalue weighted by Gasteiger charge is 2.43. The number of carbonyl (C=O) groups excluding carboxylic acids is 2. The average molecular weight is 376 g/mol. The molecule has 0 radical (unpaired) electrons. The first-order valence-corrected chi connectivity index (χ1v) is 9.70. The molecule has 0 spiro atoms. The van der Waals surface area contributed by atoms with Crippen molar-refractivity contribution in [3.63, 3.8) is 0 Å². The lowest BCUT2D eigenvalue weighted by Gasteiger charge is -2.33. The first-order valence-electron chi connectivity index (χ1n) is 9.70. The van der Waals surface area contributed by atoms with Gasteiger partial charge in [0.05, 0.1) is 11.8 Å². The van der Waals surface area contributed by atoms with E-state index in [2.05, 4.69) is 10.3 Å². The summed E-state index contributed by atoms with van der Waals surface area (Å²) in [5.41, 5.74) is 3.94. The molecule has 1 aromatic carbocycles. The van der Waals surface area contributed by atoms with Crippen molar-refractivity contribution in [1.82, 2.24) is 0 Å². The number of allylic oxidation sites excluding steroid dienone is 2. The summed E-state index contributed by atoms with van der Waals surface area (Å²) in [6.45, 7) is 5.69. The fraction of sp³-hybridized carbons (Fsp3) is 0.348. The van der Waals surface area contributed by atoms with Crippen LogP contribution < -0.4 is 5.32 Å². The summed E-state index contributed by atoms with van der Waals surface area (Å²) in [5, 5.41) is 3.03. The SMILES string of the molecule is CC1=NC2=C(C(=O)CCC2)[C@H](c2ccc(C)o2)C1C(=O)Nc1ccccc1C. The van der Waals surface area contributed by atoms with Crippen molar-refractivity contribution in [2.75, 3.05) is 5.32 Å². The van der Waals surface area contributed by atoms with Gasteiger partial charge in [0.25, 0.3) is 0 Å². The third kappa shape index (κ3) is 3.21. The Morgan fingerprint density at radius 2 is 1.89 bits per heavy atom. The maximum atomic E-state index is 13.3. The summed E-state index contributed by atoms with van der Waals surface area (Å²) in [5.74, 6) is 0.312. The van der Waals surface area contributed by atoms with E-state index < -0.39 is 11.8 Å². The number of nitrogens with zero attached hydrogens (tertiary/aromatic N) is 1. The zero-order valence-corrected chi connectivity index (χ0v) is 16.4. The molecule has 0 saturated carbocycles. The van der Waals surface area contributed by atoms with Gasteiger partial charge in [0, 0.05) is 29.1 Å². The molecule has 28 heavy (non-hydrogen) atoms. The Balaban J connectivity index is 1.77. The summed E-state index contributed by atoms with van der Waals surface area (Å²) < 4.78 is 5.90. The van der Waals surface area contributed by atoms with Crippen LogP contribution in [-0.4, -0.2) is 17.4 Å². The van der Waals surface area contributed by atoms with Crippen molar-refractivity contribution < 1.29 is 14.0 Å². The van der Waals surface area contributed by atoms with E-state index in [1.54, 1.807) is 0 Å². The van der Waals surface area contributed by atoms with Crippen molar-refractivity contribution in [3.8, 4) is 0 Å². The Hall–Kier alpha value is -2.95. The molecule has 1 aliphatic heterocycles. The monoisotopic (exact) mass is 376 g/mol. The second-order valence-corrected chi connectivity index (χ2v) is 7.60. The number of anilines is 1. The molecule has 144 valence electrons. The molecule has 5 nitrogen and oxygen atoms in total. The number of rotatable bonds is 3. The summed E-state index contributed by atoms with van der Waals surface area (Å²) in [4.78, 5) is 30.8. The molecule has 2 heterocycles. The van der Waals surface area contributed by atoms with E-state index in [1.807, 2.05) is 57.2 Å². The van der Waals surface area contributed by atoms with Crippen molar-refractivity contribution in [2.24, 2.45) is 10.9 Å². The molecule has 2 aromatic rings. The third-order valence-corrected chi connectivity index (χ3v) is 5.59. The maximum Gasteiger partial charge on any atom is 0.234 e. The summed E-state index contributed by atoms with van der Waals surface area (Å²) >= 11 is 0. The van der Waals surface area contributed by atoms with Crippen molar-refractivity contribution in [3.05, 3.63) is 64.8 Å². The number of aliphatic imine (C=N–C) groups is 1. The van der Waals surface area contributed by atoms with Gasteiger partial charge in [-0.25, -0.2) is 0 Å². The molecule has 1 aliphatic carbocycles. The normalized spacial score (nSPS) is 22.0. The van der Waals surface area contributed by atoms with Crippen LogP contribution in [0, 0.1) is 19.8 Å². The number of ketones is 1. The van der Waals surface area contributed by atoms with Gasteiger partial charge in [-0.1, -0.05) is 18.2 Å². The minimum Gasteiger partial charge on any atom is -0.466 e. The van der Waals surface area contributed by atoms with Crippen molar-refractivity contribution in [2.45, 2.75) is 46.0 Å². The Kier molecular flexibility index (Phi) is 4.75. The van der Waals surface area contributed by atoms with Gasteiger partial charge in [0.2, 0.25) is 5.91 Å². The van der Waals surface area contributed by atoms with Gasteiger partial charge >= 0.3 is 0 Å². The van der Waals surface area contributed by atoms with Crippen LogP contribution in [0.25, 0.3) is 0 Å². The van der Waals surface area contributed by atoms with Gasteiger partial charge in [0.15, 0.2) is 5.78 Å². The van der Waals surface area contributed by atoms with E-state index >= 15 is 0 Å². The predicted molar refractivity (Wildman–Crippen MR) is 108 cm³/mol. The van der Waals surface area contributed by atoms with Gasteiger partial charge in [-0.05, 0) is 57.4 Å². The fourth-order valence-corrected chi connectivity index (χ4v) is 4.20. The van der Waals surface area contributed by atoms with E-state index in [0.717, 1.165) is 41.3 Å². The van der Waals surface area contributed by atoms with Crippen LogP contribution in [-0.2, 0) is 9.59 Å². The molecular weight excluding hydrogens is 352 g/mol. The number of Topliss-reactive ketones (excluding diaryl/α,β-unsaturated/α-hetero) is 1. The highest BCUT2D eigenvalue weighted by Crippen LogP contribution is 2.44. The van der Waals surface area contributed by atoms with Crippen LogP contribution in [0.4, 0.5) is 5.69 Å². The second kappa shape index (κ2) is 7.23. The van der Waals surface area contributed by atoms with Gasteiger partial charge < -0.3 is 9.73 Å². The molecule has 1 unspecified atom stereocenters. The number of benzene rings is 1. The smallest absolute Gasteiger partial charge is 0.234 e. The van der Waals surface area contributed by atoms with Crippen LogP contribution in [0.2, 0.25) is 0 Å². The van der Waals surface area contributed by atoms with Crippen molar-refractivity contribution >= 4 is 23.1 Å². The topological polar surface area (TPSA) is 71.7 Å². The van der Waals surface area contributed by atoms with Gasteiger partial charge in [-0.3, -0.25) is 14.6 Å². The molecule has 5 heteroatoms. The molecule has 0 bridgehead atoms. The molecule has 1 N–H and O–H groups in total. The Labute approximate surface area is 164 Å². The standard InChI is InChI=1S/C23H24N2O3/c1-13-7-4-5-8-16(13)25-23(27)20-15(3)24-17-9-6-10-18(26)21(17)22(20)19-12-11-14(2)28-19/h4-5,7-8,11-12,20,22H,6,9-10H2,1-3H3,(H,25,27)/t20?,22-/m1/s1. The Morgan fingerprint density at radius 1 is 1.11 bits per heavy atom. The van der Waals surface area contributed by atoms with E-state index in [1.165, 1.54) is 0 Å². The minimum atomic E-state index is -0.578. The molecule has 0 saturated heterocycles. The van der Waals surface area contributed by atoms with Gasteiger partial charge in [0.1, 0.15) is 11.5 Å². The van der Waals surface area contributed by atoms with E-state index in [0.29, 0.717) is 17.8 Å². The lowest BCUT2D eigenvalue weighted by atomic mass is 9.73. The lowest BCUT2D eigenvalue weighted by molar-refractivity contribution is -0.119. The first kappa shape index (κ1) is 18.4. The van der Waals surface area contributed by atoms with Crippen LogP contribution in [0.15, 0.2) is 57.1 Å².